The van der Waals surface area contributed by atoms with Gasteiger partial charge in [0.1, 0.15) is 0 Å². The highest BCUT2D eigenvalue weighted by Gasteiger charge is 2.33. The molecular weight excluding hydrogens is 164 g/mol. The number of hydrogen-bond acceptors (Lipinski definition) is 1. The Morgan fingerprint density at radius 3 is 2.38 bits per heavy atom. The Kier molecular flexibility index (Phi) is 2.99. The van der Waals surface area contributed by atoms with Crippen molar-refractivity contribution in [3.05, 3.63) is 0 Å². The average Bonchev–Trinajstić information content (AvgIpc) is 2.03. The molecule has 0 bridgehead atoms. The van der Waals surface area contributed by atoms with Gasteiger partial charge in [-0.3, -0.25) is 4.79 Å². The number of aliphatic carboxylic acids is 1. The monoisotopic (exact) mass is 184 g/mol. The minimum Gasteiger partial charge on any atom is -0.481 e. The molecule has 0 aromatic rings. The minimum absolute atomic E-state index is 0.0852. The molecule has 0 unspecified atom stereocenters. The van der Waals surface area contributed by atoms with Gasteiger partial charge in [-0.1, -0.05) is 27.2 Å². The molecule has 0 radical (unpaired) electrons. The van der Waals surface area contributed by atoms with Crippen LogP contribution in [0.2, 0.25) is 0 Å². The van der Waals surface area contributed by atoms with Crippen molar-refractivity contribution in [3.63, 3.8) is 0 Å². The van der Waals surface area contributed by atoms with Crippen molar-refractivity contribution >= 4 is 5.97 Å². The van der Waals surface area contributed by atoms with Crippen LogP contribution in [0, 0.1) is 17.3 Å². The van der Waals surface area contributed by atoms with Crippen LogP contribution in [0.4, 0.5) is 0 Å². The molecular formula is C11H20O2. The SMILES string of the molecule is CC(C)(C)[C@@H]1CCC[C@@H](C(=O)O)C1. The van der Waals surface area contributed by atoms with Crippen LogP contribution in [-0.4, -0.2) is 11.1 Å². The number of carboxylic acids is 1. The van der Waals surface area contributed by atoms with Gasteiger partial charge in [0.15, 0.2) is 0 Å². The first kappa shape index (κ1) is 10.6. The molecule has 2 atom stereocenters. The second-order valence-electron chi connectivity index (χ2n) is 5.26. The predicted molar refractivity (Wildman–Crippen MR) is 52.5 cm³/mol. The summed E-state index contributed by atoms with van der Waals surface area (Å²) < 4.78 is 0. The van der Waals surface area contributed by atoms with Gasteiger partial charge in [0.25, 0.3) is 0 Å². The minimum atomic E-state index is -0.603. The summed E-state index contributed by atoms with van der Waals surface area (Å²) in [5, 5.41) is 8.92. The van der Waals surface area contributed by atoms with Crippen LogP contribution in [0.1, 0.15) is 46.5 Å². The van der Waals surface area contributed by atoms with E-state index in [4.69, 9.17) is 5.11 Å². The molecule has 0 heterocycles. The Hall–Kier alpha value is -0.530. The van der Waals surface area contributed by atoms with Crippen LogP contribution >= 0.6 is 0 Å². The smallest absolute Gasteiger partial charge is 0.306 e. The average molecular weight is 184 g/mol. The maximum absolute atomic E-state index is 10.8. The van der Waals surface area contributed by atoms with E-state index in [1.165, 1.54) is 6.42 Å². The van der Waals surface area contributed by atoms with Gasteiger partial charge in [0.05, 0.1) is 5.92 Å². The molecule has 0 aromatic carbocycles. The van der Waals surface area contributed by atoms with Crippen molar-refractivity contribution in [2.24, 2.45) is 17.3 Å². The highest BCUT2D eigenvalue weighted by Crippen LogP contribution is 2.40. The number of hydrogen-bond donors (Lipinski definition) is 1. The fourth-order valence-electron chi connectivity index (χ4n) is 2.20. The van der Waals surface area contributed by atoms with Crippen molar-refractivity contribution in [1.29, 1.82) is 0 Å². The zero-order valence-electron chi connectivity index (χ0n) is 8.84. The quantitative estimate of drug-likeness (QED) is 0.680. The summed E-state index contributed by atoms with van der Waals surface area (Å²) in [5.74, 6) is -0.103. The van der Waals surface area contributed by atoms with Crippen LogP contribution in [0.15, 0.2) is 0 Å². The van der Waals surface area contributed by atoms with E-state index in [-0.39, 0.29) is 11.3 Å². The molecule has 2 heteroatoms. The second-order valence-corrected chi connectivity index (χ2v) is 5.26. The Morgan fingerprint density at radius 2 is 1.92 bits per heavy atom. The number of carbonyl (C=O) groups is 1. The van der Waals surface area contributed by atoms with E-state index in [0.29, 0.717) is 5.92 Å². The highest BCUT2D eigenvalue weighted by atomic mass is 16.4. The van der Waals surface area contributed by atoms with Gasteiger partial charge in [-0.15, -0.1) is 0 Å². The molecule has 1 aliphatic rings. The molecule has 1 N–H and O–H groups in total. The lowest BCUT2D eigenvalue weighted by molar-refractivity contribution is -0.143. The Labute approximate surface area is 80.3 Å². The molecule has 1 aliphatic carbocycles. The number of rotatable bonds is 1. The zero-order valence-corrected chi connectivity index (χ0v) is 8.84. The molecule has 13 heavy (non-hydrogen) atoms. The normalized spacial score (nSPS) is 30.1. The molecule has 1 rings (SSSR count). The van der Waals surface area contributed by atoms with Crippen molar-refractivity contribution < 1.29 is 9.90 Å². The Bertz CT molecular complexity index is 191. The lowest BCUT2D eigenvalue weighted by Gasteiger charge is -2.36. The molecule has 0 aromatic heterocycles. The van der Waals surface area contributed by atoms with Crippen LogP contribution in [-0.2, 0) is 4.79 Å². The summed E-state index contributed by atoms with van der Waals surface area (Å²) in [6.45, 7) is 6.63. The standard InChI is InChI=1S/C11H20O2/c1-11(2,3)9-6-4-5-8(7-9)10(12)13/h8-9H,4-7H2,1-3H3,(H,12,13)/t8-,9-/m1/s1. The van der Waals surface area contributed by atoms with Crippen LogP contribution in [0.25, 0.3) is 0 Å². The van der Waals surface area contributed by atoms with Gasteiger partial charge >= 0.3 is 5.97 Å². The molecule has 2 nitrogen and oxygen atoms in total. The van der Waals surface area contributed by atoms with Crippen LogP contribution in [0.5, 0.6) is 0 Å². The fourth-order valence-corrected chi connectivity index (χ4v) is 2.20. The van der Waals surface area contributed by atoms with E-state index < -0.39 is 5.97 Å². The molecule has 76 valence electrons. The van der Waals surface area contributed by atoms with Gasteiger partial charge in [-0.05, 0) is 30.6 Å². The van der Waals surface area contributed by atoms with Crippen molar-refractivity contribution in [3.8, 4) is 0 Å². The molecule has 1 saturated carbocycles. The van der Waals surface area contributed by atoms with Gasteiger partial charge in [0, 0.05) is 0 Å². The van der Waals surface area contributed by atoms with E-state index in [1.807, 2.05) is 0 Å². The van der Waals surface area contributed by atoms with Gasteiger partial charge in [-0.25, -0.2) is 0 Å². The first-order valence-electron chi connectivity index (χ1n) is 5.14. The predicted octanol–water partition coefficient (Wildman–Crippen LogP) is 2.92. The third kappa shape index (κ3) is 2.71. The van der Waals surface area contributed by atoms with Crippen LogP contribution < -0.4 is 0 Å². The van der Waals surface area contributed by atoms with E-state index in [9.17, 15) is 4.79 Å². The molecule has 0 aliphatic heterocycles. The zero-order chi connectivity index (χ0) is 10.1. The van der Waals surface area contributed by atoms with Crippen molar-refractivity contribution in [2.45, 2.75) is 46.5 Å². The van der Waals surface area contributed by atoms with Crippen molar-refractivity contribution in [2.75, 3.05) is 0 Å². The summed E-state index contributed by atoms with van der Waals surface area (Å²) >= 11 is 0. The first-order chi connectivity index (χ1) is 5.91. The van der Waals surface area contributed by atoms with Crippen LogP contribution in [0.3, 0.4) is 0 Å². The molecule has 1 fully saturated rings. The molecule has 0 saturated heterocycles. The van der Waals surface area contributed by atoms with Gasteiger partial charge in [0.2, 0.25) is 0 Å². The Morgan fingerprint density at radius 1 is 1.31 bits per heavy atom. The topological polar surface area (TPSA) is 37.3 Å². The van der Waals surface area contributed by atoms with Crippen molar-refractivity contribution in [1.82, 2.24) is 0 Å². The maximum Gasteiger partial charge on any atom is 0.306 e. The van der Waals surface area contributed by atoms with Gasteiger partial charge < -0.3 is 5.11 Å². The van der Waals surface area contributed by atoms with Gasteiger partial charge in [-0.2, -0.15) is 0 Å². The summed E-state index contributed by atoms with van der Waals surface area (Å²) in [6, 6.07) is 0. The van der Waals surface area contributed by atoms with E-state index in [0.717, 1.165) is 19.3 Å². The largest absolute Gasteiger partial charge is 0.481 e. The summed E-state index contributed by atoms with van der Waals surface area (Å²) in [4.78, 5) is 10.8. The first-order valence-corrected chi connectivity index (χ1v) is 5.14. The summed E-state index contributed by atoms with van der Waals surface area (Å²) in [5.41, 5.74) is 0.272. The molecule has 0 spiro atoms. The summed E-state index contributed by atoms with van der Waals surface area (Å²) in [7, 11) is 0. The van der Waals surface area contributed by atoms with E-state index >= 15 is 0 Å². The Balaban J connectivity index is 2.57. The highest BCUT2D eigenvalue weighted by molar-refractivity contribution is 5.70. The maximum atomic E-state index is 10.8. The lowest BCUT2D eigenvalue weighted by Crippen LogP contribution is -2.30. The third-order valence-corrected chi connectivity index (χ3v) is 3.25. The van der Waals surface area contributed by atoms with E-state index in [2.05, 4.69) is 20.8 Å². The number of carboxylic acid groups (broad SMARTS) is 1. The molecule has 0 amide bonds. The second kappa shape index (κ2) is 3.69. The summed E-state index contributed by atoms with van der Waals surface area (Å²) in [6.07, 6.45) is 4.03. The van der Waals surface area contributed by atoms with E-state index in [1.54, 1.807) is 0 Å². The fraction of sp³-hybridized carbons (Fsp3) is 0.909. The third-order valence-electron chi connectivity index (χ3n) is 3.25. The lowest BCUT2D eigenvalue weighted by atomic mass is 9.69.